The lowest BCUT2D eigenvalue weighted by Crippen LogP contribution is -2.47. The van der Waals surface area contributed by atoms with Crippen LogP contribution in [0.25, 0.3) is 0 Å². The summed E-state index contributed by atoms with van der Waals surface area (Å²) in [6.07, 6.45) is 1.88. The summed E-state index contributed by atoms with van der Waals surface area (Å²) in [5.41, 5.74) is 2.03. The van der Waals surface area contributed by atoms with Crippen molar-refractivity contribution in [1.29, 1.82) is 0 Å². The zero-order valence-corrected chi connectivity index (χ0v) is 15.9. The van der Waals surface area contributed by atoms with E-state index in [2.05, 4.69) is 25.8 Å². The number of benzene rings is 1. The molecule has 9 nitrogen and oxygen atoms in total. The third-order valence-corrected chi connectivity index (χ3v) is 4.71. The minimum absolute atomic E-state index is 0.142. The lowest BCUT2D eigenvalue weighted by Gasteiger charge is -2.24. The van der Waals surface area contributed by atoms with Crippen LogP contribution < -0.4 is 10.6 Å². The summed E-state index contributed by atoms with van der Waals surface area (Å²) >= 11 is 0. The van der Waals surface area contributed by atoms with Gasteiger partial charge in [0.15, 0.2) is 0 Å². The molecule has 9 heteroatoms. The number of anilines is 1. The number of carbonyl (C=O) groups is 1. The molecule has 3 aromatic rings. The van der Waals surface area contributed by atoms with Crippen LogP contribution in [-0.4, -0.2) is 49.8 Å². The van der Waals surface area contributed by atoms with Gasteiger partial charge in [-0.3, -0.25) is 4.79 Å². The van der Waals surface area contributed by atoms with E-state index in [1.165, 1.54) is 0 Å². The Morgan fingerprint density at radius 1 is 1.32 bits per heavy atom. The maximum absolute atomic E-state index is 12.7. The van der Waals surface area contributed by atoms with E-state index in [0.717, 1.165) is 17.1 Å². The van der Waals surface area contributed by atoms with Crippen molar-refractivity contribution >= 4 is 11.7 Å². The normalized spacial score (nSPS) is 18.8. The molecule has 0 fully saturated rings. The SMILES string of the molecule is COC1Nc2cc(C)nn2CC[C@@H]1NC(=O)c1ncn(Cc2ccccc2)n1. The smallest absolute Gasteiger partial charge is 0.291 e. The van der Waals surface area contributed by atoms with Crippen molar-refractivity contribution in [2.24, 2.45) is 0 Å². The lowest BCUT2D eigenvalue weighted by molar-refractivity contribution is 0.0718. The molecule has 0 saturated heterocycles. The van der Waals surface area contributed by atoms with E-state index in [4.69, 9.17) is 4.74 Å². The Kier molecular flexibility index (Phi) is 5.07. The van der Waals surface area contributed by atoms with Gasteiger partial charge in [-0.2, -0.15) is 5.10 Å². The second kappa shape index (κ2) is 7.81. The zero-order chi connectivity index (χ0) is 19.5. The summed E-state index contributed by atoms with van der Waals surface area (Å²) in [5.74, 6) is 0.700. The molecule has 146 valence electrons. The lowest BCUT2D eigenvalue weighted by atomic mass is 10.1. The predicted octanol–water partition coefficient (Wildman–Crippen LogP) is 1.42. The standard InChI is InChI=1S/C19H23N7O2/c1-13-10-16-22-19(28-2)15(8-9-26(16)23-13)21-18(27)17-20-12-25(24-17)11-14-6-4-3-5-7-14/h3-7,10,12,15,19,22H,8-9,11H2,1-2H3,(H,21,27)/t15-,19?/m0/s1. The van der Waals surface area contributed by atoms with Crippen molar-refractivity contribution in [3.63, 3.8) is 0 Å². The van der Waals surface area contributed by atoms with Gasteiger partial charge in [0.2, 0.25) is 5.82 Å². The van der Waals surface area contributed by atoms with E-state index in [-0.39, 0.29) is 24.0 Å². The summed E-state index contributed by atoms with van der Waals surface area (Å²) in [4.78, 5) is 16.8. The highest BCUT2D eigenvalue weighted by atomic mass is 16.5. The molecule has 0 bridgehead atoms. The Balaban J connectivity index is 1.42. The molecule has 4 rings (SSSR count). The van der Waals surface area contributed by atoms with Crippen LogP contribution in [0, 0.1) is 6.92 Å². The fourth-order valence-electron chi connectivity index (χ4n) is 3.34. The Bertz CT molecular complexity index is 950. The number of aromatic nitrogens is 5. The zero-order valence-electron chi connectivity index (χ0n) is 15.9. The number of carbonyl (C=O) groups excluding carboxylic acids is 1. The van der Waals surface area contributed by atoms with Gasteiger partial charge < -0.3 is 15.4 Å². The first-order valence-corrected chi connectivity index (χ1v) is 9.20. The Labute approximate surface area is 162 Å². The van der Waals surface area contributed by atoms with Crippen LogP contribution in [0.5, 0.6) is 0 Å². The maximum Gasteiger partial charge on any atom is 0.291 e. The number of nitrogens with one attached hydrogen (secondary N) is 2. The van der Waals surface area contributed by atoms with Crippen molar-refractivity contribution < 1.29 is 9.53 Å². The van der Waals surface area contributed by atoms with Gasteiger partial charge in [-0.1, -0.05) is 30.3 Å². The summed E-state index contributed by atoms with van der Waals surface area (Å²) in [6.45, 7) is 3.19. The van der Waals surface area contributed by atoms with Crippen LogP contribution in [0.1, 0.15) is 28.3 Å². The molecule has 1 aromatic carbocycles. The molecule has 0 saturated carbocycles. The van der Waals surface area contributed by atoms with Gasteiger partial charge >= 0.3 is 0 Å². The van der Waals surface area contributed by atoms with E-state index in [0.29, 0.717) is 19.5 Å². The number of ether oxygens (including phenoxy) is 1. The van der Waals surface area contributed by atoms with Crippen LogP contribution in [0.2, 0.25) is 0 Å². The molecule has 2 N–H and O–H groups in total. The number of rotatable bonds is 5. The monoisotopic (exact) mass is 381 g/mol. The number of hydrogen-bond donors (Lipinski definition) is 2. The number of fused-ring (bicyclic) bond motifs is 1. The summed E-state index contributed by atoms with van der Waals surface area (Å²) in [7, 11) is 1.61. The van der Waals surface area contributed by atoms with E-state index in [9.17, 15) is 4.79 Å². The van der Waals surface area contributed by atoms with Gasteiger partial charge in [-0.15, -0.1) is 5.10 Å². The van der Waals surface area contributed by atoms with Crippen molar-refractivity contribution in [3.8, 4) is 0 Å². The Morgan fingerprint density at radius 3 is 2.93 bits per heavy atom. The number of nitrogens with zero attached hydrogens (tertiary/aromatic N) is 5. The molecule has 28 heavy (non-hydrogen) atoms. The molecule has 0 radical (unpaired) electrons. The van der Waals surface area contributed by atoms with Gasteiger partial charge in [-0.25, -0.2) is 14.3 Å². The molecule has 1 aliphatic heterocycles. The number of hydrogen-bond acceptors (Lipinski definition) is 6. The first-order chi connectivity index (χ1) is 13.6. The second-order valence-electron chi connectivity index (χ2n) is 6.81. The quantitative estimate of drug-likeness (QED) is 0.694. The Hall–Kier alpha value is -3.20. The molecule has 0 aliphatic carbocycles. The van der Waals surface area contributed by atoms with E-state index in [1.807, 2.05) is 48.0 Å². The molecular formula is C19H23N7O2. The van der Waals surface area contributed by atoms with Crippen LogP contribution in [0.15, 0.2) is 42.7 Å². The maximum atomic E-state index is 12.7. The van der Waals surface area contributed by atoms with Crippen molar-refractivity contribution in [1.82, 2.24) is 29.9 Å². The minimum Gasteiger partial charge on any atom is -0.360 e. The first kappa shape index (κ1) is 18.2. The fourth-order valence-corrected chi connectivity index (χ4v) is 3.34. The molecule has 0 spiro atoms. The highest BCUT2D eigenvalue weighted by Gasteiger charge is 2.29. The van der Waals surface area contributed by atoms with Crippen molar-refractivity contribution in [3.05, 3.63) is 59.8 Å². The molecule has 3 heterocycles. The molecule has 1 unspecified atom stereocenters. The van der Waals surface area contributed by atoms with E-state index < -0.39 is 0 Å². The molecule has 1 amide bonds. The Morgan fingerprint density at radius 2 is 2.14 bits per heavy atom. The largest absolute Gasteiger partial charge is 0.360 e. The summed E-state index contributed by atoms with van der Waals surface area (Å²) < 4.78 is 9.10. The number of amides is 1. The second-order valence-corrected chi connectivity index (χ2v) is 6.81. The van der Waals surface area contributed by atoms with Crippen LogP contribution in [-0.2, 0) is 17.8 Å². The van der Waals surface area contributed by atoms with E-state index in [1.54, 1.807) is 18.1 Å². The van der Waals surface area contributed by atoms with Crippen LogP contribution in [0.4, 0.5) is 5.82 Å². The highest BCUT2D eigenvalue weighted by molar-refractivity contribution is 5.90. The molecule has 2 aromatic heterocycles. The highest BCUT2D eigenvalue weighted by Crippen LogP contribution is 2.19. The average molecular weight is 381 g/mol. The van der Waals surface area contributed by atoms with Crippen LogP contribution in [0.3, 0.4) is 0 Å². The van der Waals surface area contributed by atoms with Crippen LogP contribution >= 0.6 is 0 Å². The van der Waals surface area contributed by atoms with E-state index >= 15 is 0 Å². The third kappa shape index (κ3) is 3.89. The minimum atomic E-state index is -0.368. The first-order valence-electron chi connectivity index (χ1n) is 9.20. The number of aryl methyl sites for hydroxylation is 2. The predicted molar refractivity (Wildman–Crippen MR) is 103 cm³/mol. The summed E-state index contributed by atoms with van der Waals surface area (Å²) in [6, 6.07) is 11.6. The topological polar surface area (TPSA) is 98.9 Å². The number of methoxy groups -OCH3 is 1. The molecule has 1 aliphatic rings. The summed E-state index contributed by atoms with van der Waals surface area (Å²) in [5, 5.41) is 15.0. The van der Waals surface area contributed by atoms with Crippen molar-refractivity contribution in [2.75, 3.05) is 12.4 Å². The average Bonchev–Trinajstić information content (AvgIpc) is 3.26. The fraction of sp³-hybridized carbons (Fsp3) is 0.368. The third-order valence-electron chi connectivity index (χ3n) is 4.71. The van der Waals surface area contributed by atoms with Gasteiger partial charge in [-0.05, 0) is 18.9 Å². The van der Waals surface area contributed by atoms with Crippen molar-refractivity contribution in [2.45, 2.75) is 38.7 Å². The van der Waals surface area contributed by atoms with Gasteiger partial charge in [0.05, 0.1) is 18.3 Å². The van der Waals surface area contributed by atoms with Gasteiger partial charge in [0.1, 0.15) is 18.4 Å². The van der Waals surface area contributed by atoms with Gasteiger partial charge in [0.25, 0.3) is 5.91 Å². The molecule has 2 atom stereocenters. The molecular weight excluding hydrogens is 358 g/mol. The van der Waals surface area contributed by atoms with Gasteiger partial charge in [0, 0.05) is 19.7 Å².